The van der Waals surface area contributed by atoms with Gasteiger partial charge >= 0.3 is 25.7 Å². The van der Waals surface area contributed by atoms with Gasteiger partial charge in [0.1, 0.15) is 12.7 Å². The Labute approximate surface area is 448 Å². The van der Waals surface area contributed by atoms with Gasteiger partial charge in [-0.3, -0.25) is 23.4 Å². The third-order valence-electron chi connectivity index (χ3n) is 10.8. The number of carbonyl (C=O) groups is 3. The summed E-state index contributed by atoms with van der Waals surface area (Å²) < 4.78 is 39.3. The van der Waals surface area contributed by atoms with Crippen LogP contribution >= 0.6 is 7.82 Å². The van der Waals surface area contributed by atoms with Crippen LogP contribution in [0.5, 0.6) is 0 Å². The number of phosphoric ester groups is 1. The molecule has 0 aliphatic heterocycles. The summed E-state index contributed by atoms with van der Waals surface area (Å²) >= 11 is 0. The summed E-state index contributed by atoms with van der Waals surface area (Å²) in [6, 6.07) is 0. The molecule has 0 aromatic carbocycles. The summed E-state index contributed by atoms with van der Waals surface area (Å²) in [5.41, 5.74) is 0. The monoisotopic (exact) mass is 1050 g/mol. The third-order valence-corrected chi connectivity index (χ3v) is 11.7. The van der Waals surface area contributed by atoms with Crippen LogP contribution in [-0.2, 0) is 42.2 Å². The van der Waals surface area contributed by atoms with Gasteiger partial charge in [-0.2, -0.15) is 0 Å². The van der Waals surface area contributed by atoms with Gasteiger partial charge in [-0.15, -0.1) is 0 Å². The molecule has 0 saturated carbocycles. The van der Waals surface area contributed by atoms with Crippen LogP contribution in [0.3, 0.4) is 0 Å². The van der Waals surface area contributed by atoms with Crippen molar-refractivity contribution in [2.75, 3.05) is 26.4 Å². The van der Waals surface area contributed by atoms with Crippen LogP contribution in [0, 0.1) is 0 Å². The molecule has 0 aliphatic carbocycles. The zero-order chi connectivity index (χ0) is 54.1. The highest BCUT2D eigenvalue weighted by atomic mass is 31.2. The summed E-state index contributed by atoms with van der Waals surface area (Å²) in [5.74, 6) is -1.68. The molecule has 416 valence electrons. The highest BCUT2D eigenvalue weighted by Gasteiger charge is 2.28. The minimum absolute atomic E-state index is 0.0208. The SMILES string of the molecule is CC/C=C\C/C=C\C/C=C\C/C=C\C/C=C\CC(=O)OCC(COP(=O)(O)OCC(CO)OC(=O)CCCCCCC/C=C\C/C=C\C/C=C\CC)OC(=O)CCCCCC/C=C\C/C=C\C/C=C\C/C=C\CC. The van der Waals surface area contributed by atoms with Gasteiger partial charge in [-0.25, -0.2) is 4.57 Å². The van der Waals surface area contributed by atoms with Crippen molar-refractivity contribution in [3.63, 3.8) is 0 Å². The molecular formula is C62H97O11P. The van der Waals surface area contributed by atoms with E-state index in [-0.39, 0.29) is 19.3 Å². The molecule has 74 heavy (non-hydrogen) atoms. The number of aliphatic hydroxyl groups excluding tert-OH is 1. The van der Waals surface area contributed by atoms with Crippen molar-refractivity contribution in [3.8, 4) is 0 Å². The van der Waals surface area contributed by atoms with Crippen LogP contribution in [0.15, 0.2) is 146 Å². The highest BCUT2D eigenvalue weighted by Crippen LogP contribution is 2.43. The van der Waals surface area contributed by atoms with Crippen molar-refractivity contribution in [1.29, 1.82) is 0 Å². The number of hydrogen-bond donors (Lipinski definition) is 2. The molecule has 0 aromatic heterocycles. The Morgan fingerprint density at radius 3 is 1.08 bits per heavy atom. The number of allylic oxidation sites excluding steroid dienone is 23. The molecule has 0 bridgehead atoms. The molecule has 0 amide bonds. The lowest BCUT2D eigenvalue weighted by Gasteiger charge is -2.21. The molecule has 0 heterocycles. The van der Waals surface area contributed by atoms with Crippen LogP contribution in [0.4, 0.5) is 0 Å². The average molecular weight is 1050 g/mol. The largest absolute Gasteiger partial charge is 0.472 e. The molecule has 11 nitrogen and oxygen atoms in total. The van der Waals surface area contributed by atoms with Crippen LogP contribution in [0.25, 0.3) is 0 Å². The molecule has 3 unspecified atom stereocenters. The number of carbonyl (C=O) groups excluding carboxylic acids is 3. The molecule has 0 radical (unpaired) electrons. The van der Waals surface area contributed by atoms with E-state index < -0.39 is 64.4 Å². The summed E-state index contributed by atoms with van der Waals surface area (Å²) in [7, 11) is -4.79. The van der Waals surface area contributed by atoms with Crippen molar-refractivity contribution >= 4 is 25.7 Å². The summed E-state index contributed by atoms with van der Waals surface area (Å²) in [5, 5.41) is 9.80. The van der Waals surface area contributed by atoms with Crippen LogP contribution in [0.2, 0.25) is 0 Å². The van der Waals surface area contributed by atoms with Gasteiger partial charge in [0.2, 0.25) is 0 Å². The molecule has 0 aliphatic rings. The van der Waals surface area contributed by atoms with Gasteiger partial charge in [-0.1, -0.05) is 199 Å². The van der Waals surface area contributed by atoms with E-state index in [0.29, 0.717) is 19.3 Å². The summed E-state index contributed by atoms with van der Waals surface area (Å²) in [6.45, 7) is 4.11. The highest BCUT2D eigenvalue weighted by molar-refractivity contribution is 7.47. The lowest BCUT2D eigenvalue weighted by molar-refractivity contribution is -0.161. The van der Waals surface area contributed by atoms with E-state index in [0.717, 1.165) is 128 Å². The minimum atomic E-state index is -4.79. The Hall–Kier alpha value is -4.64. The number of ether oxygens (including phenoxy) is 3. The number of esters is 3. The normalized spacial score (nSPS) is 14.5. The maximum atomic E-state index is 12.9. The van der Waals surface area contributed by atoms with Crippen molar-refractivity contribution in [2.24, 2.45) is 0 Å². The third kappa shape index (κ3) is 52.2. The van der Waals surface area contributed by atoms with Crippen molar-refractivity contribution in [3.05, 3.63) is 146 Å². The topological polar surface area (TPSA) is 155 Å². The smallest absolute Gasteiger partial charge is 0.461 e. The fraction of sp³-hybridized carbons (Fsp3) is 0.565. The van der Waals surface area contributed by atoms with Gasteiger partial charge < -0.3 is 24.2 Å². The number of unbranched alkanes of at least 4 members (excludes halogenated alkanes) is 9. The number of hydrogen-bond acceptors (Lipinski definition) is 10. The van der Waals surface area contributed by atoms with E-state index in [4.69, 9.17) is 23.3 Å². The molecule has 2 N–H and O–H groups in total. The van der Waals surface area contributed by atoms with Gasteiger partial charge in [0.05, 0.1) is 26.2 Å². The molecular weight excluding hydrogens is 952 g/mol. The Bertz CT molecular complexity index is 1800. The molecule has 0 fully saturated rings. The van der Waals surface area contributed by atoms with Crippen LogP contribution in [0.1, 0.15) is 188 Å². The van der Waals surface area contributed by atoms with E-state index in [1.54, 1.807) is 6.08 Å². The number of aliphatic hydroxyl groups is 1. The second-order valence-corrected chi connectivity index (χ2v) is 19.1. The predicted molar refractivity (Wildman–Crippen MR) is 306 cm³/mol. The molecule has 0 saturated heterocycles. The molecule has 0 aromatic rings. The van der Waals surface area contributed by atoms with Gasteiger partial charge in [0.15, 0.2) is 6.10 Å². The van der Waals surface area contributed by atoms with Gasteiger partial charge in [0.25, 0.3) is 0 Å². The average Bonchev–Trinajstić information content (AvgIpc) is 3.39. The Balaban J connectivity index is 4.91. The molecule has 0 spiro atoms. The van der Waals surface area contributed by atoms with E-state index in [1.165, 1.54) is 0 Å². The first kappa shape index (κ1) is 69.4. The van der Waals surface area contributed by atoms with E-state index in [2.05, 4.69) is 148 Å². The predicted octanol–water partition coefficient (Wildman–Crippen LogP) is 16.4. The zero-order valence-corrected chi connectivity index (χ0v) is 46.6. The van der Waals surface area contributed by atoms with Crippen LogP contribution < -0.4 is 0 Å². The summed E-state index contributed by atoms with van der Waals surface area (Å²) in [6.07, 6.45) is 69.8. The van der Waals surface area contributed by atoms with Gasteiger partial charge in [-0.05, 0) is 116 Å². The van der Waals surface area contributed by atoms with Crippen LogP contribution in [-0.4, -0.2) is 66.5 Å². The first-order valence-electron chi connectivity index (χ1n) is 27.7. The second kappa shape index (κ2) is 54.6. The van der Waals surface area contributed by atoms with Crippen molar-refractivity contribution < 1.29 is 52.2 Å². The maximum Gasteiger partial charge on any atom is 0.472 e. The second-order valence-electron chi connectivity index (χ2n) is 17.6. The number of rotatable bonds is 49. The molecule has 3 atom stereocenters. The minimum Gasteiger partial charge on any atom is -0.461 e. The quantitative estimate of drug-likeness (QED) is 0.0197. The van der Waals surface area contributed by atoms with Crippen molar-refractivity contribution in [1.82, 2.24) is 0 Å². The summed E-state index contributed by atoms with van der Waals surface area (Å²) in [4.78, 5) is 48.4. The fourth-order valence-electron chi connectivity index (χ4n) is 6.67. The maximum absolute atomic E-state index is 12.9. The number of phosphoric acid groups is 1. The Morgan fingerprint density at radius 2 is 0.703 bits per heavy atom. The lowest BCUT2D eigenvalue weighted by atomic mass is 10.1. The van der Waals surface area contributed by atoms with E-state index in [9.17, 15) is 28.9 Å². The first-order valence-corrected chi connectivity index (χ1v) is 29.2. The van der Waals surface area contributed by atoms with Crippen molar-refractivity contribution in [2.45, 2.75) is 200 Å². The standard InChI is InChI=1S/C62H97O11P/c1-4-7-10-13-16-19-22-25-28-29-32-35-38-41-44-47-50-53-62(66)73-59(55-69-60(64)51-48-45-42-39-36-33-30-26-23-20-17-14-11-8-5-2)57-71-74(67,68)70-56-58(54-63)72-61(65)52-49-46-43-40-37-34-31-27-24-21-18-15-12-9-6-3/h7-12,16-21,25-28,30-32,35-36,39,45,48,58-59,63H,4-6,13-15,22-24,29,33-34,37-38,40-44,46-47,49-57H2,1-3H3,(H,67,68)/b10-7-,11-8-,12-9-,19-16-,20-17-,21-18-,28-25-,30-26-,31-27-,35-32-,39-36-,48-45-. The molecule has 0 rings (SSSR count). The molecule has 12 heteroatoms. The fourth-order valence-corrected chi connectivity index (χ4v) is 7.45. The zero-order valence-electron chi connectivity index (χ0n) is 45.7. The Kier molecular flexibility index (Phi) is 51.2. The van der Waals surface area contributed by atoms with E-state index in [1.807, 2.05) is 12.2 Å². The first-order chi connectivity index (χ1) is 36.2. The van der Waals surface area contributed by atoms with E-state index >= 15 is 0 Å². The lowest BCUT2D eigenvalue weighted by Crippen LogP contribution is -2.30. The Morgan fingerprint density at radius 1 is 0.392 bits per heavy atom. The van der Waals surface area contributed by atoms with Gasteiger partial charge in [0, 0.05) is 12.8 Å².